The zero-order valence-electron chi connectivity index (χ0n) is 14.3. The lowest BCUT2D eigenvalue weighted by atomic mass is 10.1. The highest BCUT2D eigenvalue weighted by molar-refractivity contribution is 5.89. The van der Waals surface area contributed by atoms with Crippen molar-refractivity contribution in [3.8, 4) is 5.75 Å². The predicted molar refractivity (Wildman–Crippen MR) is 94.0 cm³/mol. The molecular weight excluding hydrogens is 290 g/mol. The third kappa shape index (κ3) is 5.94. The number of piperidine rings is 1. The number of hydrogen-bond acceptors (Lipinski definition) is 3. The maximum Gasteiger partial charge on any atom is 0.319 e. The van der Waals surface area contributed by atoms with Crippen molar-refractivity contribution in [1.29, 1.82) is 0 Å². The molecule has 126 valence electrons. The van der Waals surface area contributed by atoms with Gasteiger partial charge in [0.1, 0.15) is 5.75 Å². The minimum absolute atomic E-state index is 0.152. The Hall–Kier alpha value is -2.01. The monoisotopic (exact) mass is 317 g/mol. The molecule has 5 heteroatoms. The average Bonchev–Trinajstić information content (AvgIpc) is 2.54. The number of benzene rings is 1. The fourth-order valence-corrected chi connectivity index (χ4v) is 2.62. The van der Waals surface area contributed by atoms with E-state index >= 15 is 0 Å². The summed E-state index contributed by atoms with van der Waals surface area (Å²) in [6.07, 6.45) is 4.23. The van der Waals surface area contributed by atoms with Crippen LogP contribution in [0, 0.1) is 0 Å². The van der Waals surface area contributed by atoms with E-state index in [4.69, 9.17) is 4.74 Å². The van der Waals surface area contributed by atoms with Crippen molar-refractivity contribution in [2.45, 2.75) is 32.7 Å². The van der Waals surface area contributed by atoms with Crippen molar-refractivity contribution in [3.63, 3.8) is 0 Å². The Balaban J connectivity index is 1.75. The van der Waals surface area contributed by atoms with E-state index in [0.717, 1.165) is 43.9 Å². The van der Waals surface area contributed by atoms with Crippen molar-refractivity contribution in [1.82, 2.24) is 10.2 Å². The molecule has 1 heterocycles. The van der Waals surface area contributed by atoms with Gasteiger partial charge in [0.15, 0.2) is 0 Å². The molecule has 0 bridgehead atoms. The van der Waals surface area contributed by atoms with Crippen LogP contribution in [0.2, 0.25) is 0 Å². The lowest BCUT2D eigenvalue weighted by molar-refractivity contribution is 0.209. The second-order valence-corrected chi connectivity index (χ2v) is 6.19. The number of nitrogens with one attached hydrogen (secondary N) is 2. The van der Waals surface area contributed by atoms with E-state index in [1.807, 2.05) is 24.3 Å². The highest BCUT2D eigenvalue weighted by Crippen LogP contribution is 2.17. The van der Waals surface area contributed by atoms with E-state index in [9.17, 15) is 4.79 Å². The van der Waals surface area contributed by atoms with Gasteiger partial charge in [-0.2, -0.15) is 0 Å². The fourth-order valence-electron chi connectivity index (χ4n) is 2.62. The summed E-state index contributed by atoms with van der Waals surface area (Å²) >= 11 is 0. The number of ether oxygens (including phenoxy) is 1. The zero-order chi connectivity index (χ0) is 16.7. The second-order valence-electron chi connectivity index (χ2n) is 6.19. The van der Waals surface area contributed by atoms with Crippen LogP contribution >= 0.6 is 0 Å². The number of methoxy groups -OCH3 is 1. The molecule has 1 saturated heterocycles. The summed E-state index contributed by atoms with van der Waals surface area (Å²) in [5.41, 5.74) is 2.09. The smallest absolute Gasteiger partial charge is 0.319 e. The molecule has 0 saturated carbocycles. The largest absolute Gasteiger partial charge is 0.497 e. The van der Waals surface area contributed by atoms with Gasteiger partial charge in [0.05, 0.1) is 7.11 Å². The SMILES string of the molecule is COc1cccc(NC(=O)NC2CCN(CC=C(C)C)CC2)c1. The lowest BCUT2D eigenvalue weighted by Gasteiger charge is -2.31. The van der Waals surface area contributed by atoms with Gasteiger partial charge < -0.3 is 15.4 Å². The van der Waals surface area contributed by atoms with Crippen LogP contribution in [0.1, 0.15) is 26.7 Å². The number of amides is 2. The minimum atomic E-state index is -0.152. The highest BCUT2D eigenvalue weighted by Gasteiger charge is 2.19. The maximum atomic E-state index is 12.1. The topological polar surface area (TPSA) is 53.6 Å². The first kappa shape index (κ1) is 17.3. The molecule has 0 atom stereocenters. The van der Waals surface area contributed by atoms with Gasteiger partial charge >= 0.3 is 6.03 Å². The number of anilines is 1. The van der Waals surface area contributed by atoms with E-state index in [1.165, 1.54) is 5.57 Å². The quantitative estimate of drug-likeness (QED) is 0.820. The van der Waals surface area contributed by atoms with E-state index < -0.39 is 0 Å². The molecule has 0 spiro atoms. The van der Waals surface area contributed by atoms with Crippen LogP contribution in [0.3, 0.4) is 0 Å². The molecule has 0 radical (unpaired) electrons. The van der Waals surface area contributed by atoms with Crippen LogP contribution in [0.25, 0.3) is 0 Å². The Morgan fingerprint density at radius 3 is 2.74 bits per heavy atom. The number of rotatable bonds is 5. The van der Waals surface area contributed by atoms with Gasteiger partial charge in [-0.3, -0.25) is 4.90 Å². The summed E-state index contributed by atoms with van der Waals surface area (Å²) < 4.78 is 5.16. The van der Waals surface area contributed by atoms with E-state index in [2.05, 4.69) is 35.5 Å². The Morgan fingerprint density at radius 1 is 1.35 bits per heavy atom. The van der Waals surface area contributed by atoms with E-state index in [0.29, 0.717) is 0 Å². The van der Waals surface area contributed by atoms with Gasteiger partial charge in [0.2, 0.25) is 0 Å². The Morgan fingerprint density at radius 2 is 2.09 bits per heavy atom. The Labute approximate surface area is 138 Å². The van der Waals surface area contributed by atoms with Gasteiger partial charge in [-0.25, -0.2) is 4.79 Å². The molecule has 0 unspecified atom stereocenters. The second kappa shape index (κ2) is 8.58. The third-order valence-electron chi connectivity index (χ3n) is 4.01. The van der Waals surface area contributed by atoms with Gasteiger partial charge in [-0.05, 0) is 38.8 Å². The average molecular weight is 317 g/mol. The minimum Gasteiger partial charge on any atom is -0.497 e. The van der Waals surface area contributed by atoms with Crippen molar-refractivity contribution in [2.75, 3.05) is 32.1 Å². The molecule has 1 fully saturated rings. The summed E-state index contributed by atoms with van der Waals surface area (Å²) in [7, 11) is 1.61. The summed E-state index contributed by atoms with van der Waals surface area (Å²) in [4.78, 5) is 14.5. The molecule has 23 heavy (non-hydrogen) atoms. The number of carbonyl (C=O) groups excluding carboxylic acids is 1. The summed E-state index contributed by atoms with van der Waals surface area (Å²) in [5.74, 6) is 0.732. The molecule has 1 aliphatic heterocycles. The number of urea groups is 1. The Bertz CT molecular complexity index is 545. The van der Waals surface area contributed by atoms with Crippen LogP contribution in [0.15, 0.2) is 35.9 Å². The van der Waals surface area contributed by atoms with Gasteiger partial charge in [0, 0.05) is 37.4 Å². The first-order valence-corrected chi connectivity index (χ1v) is 8.14. The van der Waals surface area contributed by atoms with Crippen molar-refractivity contribution < 1.29 is 9.53 Å². The molecule has 1 aromatic carbocycles. The number of likely N-dealkylation sites (tertiary alicyclic amines) is 1. The Kier molecular flexibility index (Phi) is 6.47. The third-order valence-corrected chi connectivity index (χ3v) is 4.01. The van der Waals surface area contributed by atoms with Gasteiger partial charge in [-0.1, -0.05) is 17.7 Å². The summed E-state index contributed by atoms with van der Waals surface area (Å²) in [6, 6.07) is 7.46. The predicted octanol–water partition coefficient (Wildman–Crippen LogP) is 3.25. The fraction of sp³-hybridized carbons (Fsp3) is 0.500. The lowest BCUT2D eigenvalue weighted by Crippen LogP contribution is -2.45. The highest BCUT2D eigenvalue weighted by atomic mass is 16.5. The summed E-state index contributed by atoms with van der Waals surface area (Å²) in [5, 5.41) is 5.92. The number of nitrogens with zero attached hydrogens (tertiary/aromatic N) is 1. The molecule has 2 N–H and O–H groups in total. The van der Waals surface area contributed by atoms with Crippen LogP contribution in [-0.2, 0) is 0 Å². The normalized spacial score (nSPS) is 15.8. The number of hydrogen-bond donors (Lipinski definition) is 2. The zero-order valence-corrected chi connectivity index (χ0v) is 14.3. The van der Waals surface area contributed by atoms with Crippen molar-refractivity contribution >= 4 is 11.7 Å². The first-order valence-electron chi connectivity index (χ1n) is 8.14. The van der Waals surface area contributed by atoms with Crippen LogP contribution in [0.5, 0.6) is 5.75 Å². The maximum absolute atomic E-state index is 12.1. The van der Waals surface area contributed by atoms with Crippen LogP contribution in [-0.4, -0.2) is 43.7 Å². The molecule has 2 amide bonds. The molecule has 1 aliphatic rings. The summed E-state index contributed by atoms with van der Waals surface area (Å²) in [6.45, 7) is 7.29. The number of allylic oxidation sites excluding steroid dienone is 1. The molecular formula is C18H27N3O2. The van der Waals surface area contributed by atoms with Crippen molar-refractivity contribution in [3.05, 3.63) is 35.9 Å². The van der Waals surface area contributed by atoms with E-state index in [1.54, 1.807) is 7.11 Å². The van der Waals surface area contributed by atoms with Crippen molar-refractivity contribution in [2.24, 2.45) is 0 Å². The first-order chi connectivity index (χ1) is 11.1. The molecule has 1 aromatic rings. The van der Waals surface area contributed by atoms with E-state index in [-0.39, 0.29) is 12.1 Å². The molecule has 5 nitrogen and oxygen atoms in total. The van der Waals surface area contributed by atoms with Crippen LogP contribution in [0.4, 0.5) is 10.5 Å². The molecule has 0 aromatic heterocycles. The standard InChI is InChI=1S/C18H27N3O2/c1-14(2)7-10-21-11-8-15(9-12-21)19-18(22)20-16-5-4-6-17(13-16)23-3/h4-7,13,15H,8-12H2,1-3H3,(H2,19,20,22). The van der Waals surface area contributed by atoms with Gasteiger partial charge in [-0.15, -0.1) is 0 Å². The number of carbonyl (C=O) groups is 1. The van der Waals surface area contributed by atoms with Gasteiger partial charge in [0.25, 0.3) is 0 Å². The molecule has 0 aliphatic carbocycles. The molecule has 2 rings (SSSR count). The van der Waals surface area contributed by atoms with Crippen LogP contribution < -0.4 is 15.4 Å².